The van der Waals surface area contributed by atoms with Crippen LogP contribution in [0.15, 0.2) is 17.5 Å². The van der Waals surface area contributed by atoms with Crippen LogP contribution in [0.3, 0.4) is 0 Å². The number of rotatable bonds is 6. The molecule has 0 spiro atoms. The highest BCUT2D eigenvalue weighted by molar-refractivity contribution is 7.84. The monoisotopic (exact) mass is 271 g/mol. The SMILES string of the molecule is CS(=O)CCNC(c1cccs1)C1CCCC1. The van der Waals surface area contributed by atoms with Crippen molar-refractivity contribution < 1.29 is 4.21 Å². The molecule has 1 N–H and O–H groups in total. The maximum absolute atomic E-state index is 11.1. The van der Waals surface area contributed by atoms with Gasteiger partial charge in [0.2, 0.25) is 0 Å². The molecule has 0 bridgehead atoms. The van der Waals surface area contributed by atoms with Gasteiger partial charge < -0.3 is 5.32 Å². The summed E-state index contributed by atoms with van der Waals surface area (Å²) >= 11 is 1.84. The third-order valence-electron chi connectivity index (χ3n) is 3.47. The Hall–Kier alpha value is -0.190. The molecular weight excluding hydrogens is 250 g/mol. The van der Waals surface area contributed by atoms with Gasteiger partial charge in [0, 0.05) is 40.3 Å². The molecule has 0 aliphatic heterocycles. The Morgan fingerprint density at radius 1 is 1.53 bits per heavy atom. The normalized spacial score (nSPS) is 20.5. The fraction of sp³-hybridized carbons (Fsp3) is 0.692. The Labute approximate surface area is 110 Å². The lowest BCUT2D eigenvalue weighted by atomic mass is 9.97. The highest BCUT2D eigenvalue weighted by atomic mass is 32.2. The molecule has 0 aromatic carbocycles. The van der Waals surface area contributed by atoms with Crippen molar-refractivity contribution in [2.45, 2.75) is 31.7 Å². The van der Waals surface area contributed by atoms with Crippen LogP contribution < -0.4 is 5.32 Å². The average Bonchev–Trinajstić information content (AvgIpc) is 2.97. The lowest BCUT2D eigenvalue weighted by molar-refractivity contribution is 0.380. The minimum atomic E-state index is -0.689. The van der Waals surface area contributed by atoms with E-state index in [-0.39, 0.29) is 0 Å². The first-order valence-electron chi connectivity index (χ1n) is 6.34. The van der Waals surface area contributed by atoms with Gasteiger partial charge in [-0.15, -0.1) is 11.3 Å². The molecule has 2 rings (SSSR count). The largest absolute Gasteiger partial charge is 0.308 e. The Bertz CT molecular complexity index is 344. The lowest BCUT2D eigenvalue weighted by Gasteiger charge is -2.23. The number of thiophene rings is 1. The molecule has 1 aliphatic carbocycles. The number of hydrogen-bond donors (Lipinski definition) is 1. The summed E-state index contributed by atoms with van der Waals surface area (Å²) in [5, 5.41) is 5.76. The summed E-state index contributed by atoms with van der Waals surface area (Å²) in [6.07, 6.45) is 7.19. The summed E-state index contributed by atoms with van der Waals surface area (Å²) in [5.41, 5.74) is 0. The van der Waals surface area contributed by atoms with Crippen LogP contribution in [0.4, 0.5) is 0 Å². The van der Waals surface area contributed by atoms with E-state index in [1.54, 1.807) is 6.26 Å². The van der Waals surface area contributed by atoms with Crippen LogP contribution in [0.2, 0.25) is 0 Å². The van der Waals surface area contributed by atoms with E-state index in [1.165, 1.54) is 30.6 Å². The van der Waals surface area contributed by atoms with Crippen LogP contribution >= 0.6 is 11.3 Å². The van der Waals surface area contributed by atoms with Crippen LogP contribution in [0, 0.1) is 5.92 Å². The lowest BCUT2D eigenvalue weighted by Crippen LogP contribution is -2.29. The fourth-order valence-corrected chi connectivity index (χ4v) is 3.92. The summed E-state index contributed by atoms with van der Waals surface area (Å²) < 4.78 is 11.1. The van der Waals surface area contributed by atoms with Crippen LogP contribution in [0.25, 0.3) is 0 Å². The molecule has 1 aromatic heterocycles. The number of nitrogens with one attached hydrogen (secondary N) is 1. The van der Waals surface area contributed by atoms with Gasteiger partial charge in [-0.1, -0.05) is 18.9 Å². The van der Waals surface area contributed by atoms with Crippen molar-refractivity contribution in [1.29, 1.82) is 0 Å². The molecule has 1 aromatic rings. The topological polar surface area (TPSA) is 29.1 Å². The summed E-state index contributed by atoms with van der Waals surface area (Å²) in [7, 11) is -0.689. The van der Waals surface area contributed by atoms with Gasteiger partial charge in [0.1, 0.15) is 0 Å². The standard InChI is InChI=1S/C13H21NOS2/c1-17(15)10-8-14-13(11-5-2-3-6-11)12-7-4-9-16-12/h4,7,9,11,13-14H,2-3,5-6,8,10H2,1H3. The van der Waals surface area contributed by atoms with Gasteiger partial charge in [-0.2, -0.15) is 0 Å². The van der Waals surface area contributed by atoms with Crippen molar-refractivity contribution in [3.63, 3.8) is 0 Å². The Morgan fingerprint density at radius 3 is 2.88 bits per heavy atom. The van der Waals surface area contributed by atoms with Crippen LogP contribution in [0.1, 0.15) is 36.6 Å². The van der Waals surface area contributed by atoms with E-state index in [1.807, 2.05) is 11.3 Å². The second kappa shape index (κ2) is 6.66. The van der Waals surface area contributed by atoms with Gasteiger partial charge in [-0.25, -0.2) is 0 Å². The molecule has 2 unspecified atom stereocenters. The van der Waals surface area contributed by atoms with Gasteiger partial charge >= 0.3 is 0 Å². The molecule has 1 aliphatic rings. The molecule has 0 saturated heterocycles. The molecule has 1 saturated carbocycles. The Kier molecular flexibility index (Phi) is 5.19. The second-order valence-corrected chi connectivity index (χ2v) is 7.30. The van der Waals surface area contributed by atoms with E-state index < -0.39 is 10.8 Å². The van der Waals surface area contributed by atoms with Gasteiger partial charge in [0.15, 0.2) is 0 Å². The van der Waals surface area contributed by atoms with Gasteiger partial charge in [0.05, 0.1) is 0 Å². The van der Waals surface area contributed by atoms with Crippen molar-refractivity contribution in [3.8, 4) is 0 Å². The zero-order valence-corrected chi connectivity index (χ0v) is 12.0. The Balaban J connectivity index is 1.95. The summed E-state index contributed by atoms with van der Waals surface area (Å²) in [5.74, 6) is 1.54. The predicted molar refractivity (Wildman–Crippen MR) is 76.0 cm³/mol. The van der Waals surface area contributed by atoms with E-state index in [4.69, 9.17) is 0 Å². The van der Waals surface area contributed by atoms with Crippen LogP contribution in [0.5, 0.6) is 0 Å². The second-order valence-electron chi connectivity index (χ2n) is 4.77. The van der Waals surface area contributed by atoms with Crippen molar-refractivity contribution >= 4 is 22.1 Å². The molecule has 96 valence electrons. The molecule has 2 atom stereocenters. The van der Waals surface area contributed by atoms with Crippen LogP contribution in [-0.4, -0.2) is 22.8 Å². The van der Waals surface area contributed by atoms with E-state index >= 15 is 0 Å². The van der Waals surface area contributed by atoms with E-state index in [2.05, 4.69) is 22.8 Å². The summed E-state index contributed by atoms with van der Waals surface area (Å²) in [6.45, 7) is 0.863. The number of hydrogen-bond acceptors (Lipinski definition) is 3. The molecular formula is C13H21NOS2. The third kappa shape index (κ3) is 3.90. The first kappa shape index (κ1) is 13.2. The molecule has 1 heterocycles. The predicted octanol–water partition coefficient (Wildman–Crippen LogP) is 2.95. The molecule has 2 nitrogen and oxygen atoms in total. The minimum absolute atomic E-state index is 0.487. The third-order valence-corrected chi connectivity index (χ3v) is 5.21. The zero-order chi connectivity index (χ0) is 12.1. The molecule has 1 fully saturated rings. The zero-order valence-electron chi connectivity index (χ0n) is 10.4. The van der Waals surface area contributed by atoms with E-state index in [0.29, 0.717) is 6.04 Å². The van der Waals surface area contributed by atoms with E-state index in [0.717, 1.165) is 18.2 Å². The summed E-state index contributed by atoms with van der Waals surface area (Å²) in [6, 6.07) is 4.84. The smallest absolute Gasteiger partial charge is 0.0443 e. The van der Waals surface area contributed by atoms with Crippen LogP contribution in [-0.2, 0) is 10.8 Å². The molecule has 0 amide bonds. The highest BCUT2D eigenvalue weighted by Crippen LogP contribution is 2.37. The first-order valence-corrected chi connectivity index (χ1v) is 8.95. The molecule has 4 heteroatoms. The van der Waals surface area contributed by atoms with Gasteiger partial charge in [0.25, 0.3) is 0 Å². The van der Waals surface area contributed by atoms with Gasteiger partial charge in [-0.3, -0.25) is 4.21 Å². The first-order chi connectivity index (χ1) is 8.27. The fourth-order valence-electron chi connectivity index (χ4n) is 2.62. The van der Waals surface area contributed by atoms with Crippen molar-refractivity contribution in [2.75, 3.05) is 18.6 Å². The van der Waals surface area contributed by atoms with Gasteiger partial charge in [-0.05, 0) is 30.2 Å². The Morgan fingerprint density at radius 2 is 2.29 bits per heavy atom. The summed E-state index contributed by atoms with van der Waals surface area (Å²) in [4.78, 5) is 1.44. The van der Waals surface area contributed by atoms with E-state index in [9.17, 15) is 4.21 Å². The van der Waals surface area contributed by atoms with Crippen molar-refractivity contribution in [3.05, 3.63) is 22.4 Å². The minimum Gasteiger partial charge on any atom is -0.308 e. The average molecular weight is 271 g/mol. The highest BCUT2D eigenvalue weighted by Gasteiger charge is 2.26. The maximum atomic E-state index is 11.1. The quantitative estimate of drug-likeness (QED) is 0.862. The molecule has 17 heavy (non-hydrogen) atoms. The molecule has 0 radical (unpaired) electrons. The maximum Gasteiger partial charge on any atom is 0.0443 e. The van der Waals surface area contributed by atoms with Crippen molar-refractivity contribution in [1.82, 2.24) is 5.32 Å². The van der Waals surface area contributed by atoms with Crippen molar-refractivity contribution in [2.24, 2.45) is 5.92 Å².